The van der Waals surface area contributed by atoms with Gasteiger partial charge in [-0.15, -0.1) is 0 Å². The fourth-order valence-corrected chi connectivity index (χ4v) is 7.96. The number of carbonyl (C=O) groups excluding carboxylic acids is 1. The predicted octanol–water partition coefficient (Wildman–Crippen LogP) is 3.48. The Bertz CT molecular complexity index is 587. The lowest BCUT2D eigenvalue weighted by molar-refractivity contribution is -0.137. The van der Waals surface area contributed by atoms with Crippen molar-refractivity contribution in [1.29, 1.82) is 0 Å². The van der Waals surface area contributed by atoms with Crippen LogP contribution >= 0.6 is 0 Å². The van der Waals surface area contributed by atoms with Gasteiger partial charge in [0.1, 0.15) is 5.60 Å². The van der Waals surface area contributed by atoms with Gasteiger partial charge in [-0.3, -0.25) is 4.79 Å². The maximum absolute atomic E-state index is 12.4. The van der Waals surface area contributed by atoms with Crippen molar-refractivity contribution in [2.75, 3.05) is 0 Å². The number of Topliss-reactive ketones (excluding diaryl/α,β-unsaturated/α-hetero) is 1. The van der Waals surface area contributed by atoms with E-state index < -0.39 is 5.60 Å². The number of rotatable bonds is 0. The molecule has 1 spiro atoms. The Labute approximate surface area is 139 Å². The fraction of sp³-hybridized carbons (Fsp3) is 0.950. The Morgan fingerprint density at radius 1 is 1.00 bits per heavy atom. The van der Waals surface area contributed by atoms with Crippen LogP contribution in [0, 0.1) is 28.6 Å². The van der Waals surface area contributed by atoms with Gasteiger partial charge in [0.05, 0.1) is 6.10 Å². The van der Waals surface area contributed by atoms with Gasteiger partial charge in [-0.05, 0) is 75.0 Å². The van der Waals surface area contributed by atoms with E-state index >= 15 is 0 Å². The average Bonchev–Trinajstić information content (AvgIpc) is 3.05. The van der Waals surface area contributed by atoms with Gasteiger partial charge < -0.3 is 9.84 Å². The molecule has 1 N–H and O–H groups in total. The molecule has 0 radical (unpaired) electrons. The molecule has 1 aliphatic heterocycles. The van der Waals surface area contributed by atoms with Gasteiger partial charge in [-0.1, -0.05) is 13.8 Å². The molecule has 0 amide bonds. The Morgan fingerprint density at radius 3 is 2.57 bits per heavy atom. The van der Waals surface area contributed by atoms with E-state index in [-0.39, 0.29) is 22.5 Å². The minimum Gasteiger partial charge on any atom is -0.393 e. The maximum Gasteiger partial charge on any atom is 0.167 e. The number of aliphatic hydroxyl groups excluding tert-OH is 1. The van der Waals surface area contributed by atoms with Crippen molar-refractivity contribution in [3.05, 3.63) is 0 Å². The normalized spacial score (nSPS) is 63.7. The summed E-state index contributed by atoms with van der Waals surface area (Å²) in [6.45, 7) is 6.81. The topological polar surface area (TPSA) is 49.8 Å². The van der Waals surface area contributed by atoms with E-state index in [9.17, 15) is 9.90 Å². The lowest BCUT2D eigenvalue weighted by atomic mass is 9.43. The van der Waals surface area contributed by atoms with Crippen molar-refractivity contribution in [2.24, 2.45) is 28.6 Å². The van der Waals surface area contributed by atoms with Crippen LogP contribution < -0.4 is 0 Å². The van der Waals surface area contributed by atoms with Gasteiger partial charge in [0, 0.05) is 11.8 Å². The van der Waals surface area contributed by atoms with E-state index in [1.165, 1.54) is 19.3 Å². The summed E-state index contributed by atoms with van der Waals surface area (Å²) in [6, 6.07) is 0. The third-order valence-electron chi connectivity index (χ3n) is 9.47. The van der Waals surface area contributed by atoms with Crippen molar-refractivity contribution in [3.8, 4) is 0 Å². The second-order valence-corrected chi connectivity index (χ2v) is 9.86. The number of hydrogen-bond acceptors (Lipinski definition) is 3. The molecule has 3 nitrogen and oxygen atoms in total. The molecular formula is C20H30O3. The lowest BCUT2D eigenvalue weighted by Crippen LogP contribution is -2.60. The van der Waals surface area contributed by atoms with Crippen molar-refractivity contribution in [1.82, 2.24) is 0 Å². The zero-order chi connectivity index (χ0) is 16.3. The molecule has 5 fully saturated rings. The number of hydrogen-bond donors (Lipinski definition) is 1. The lowest BCUT2D eigenvalue weighted by Gasteiger charge is -2.59. The van der Waals surface area contributed by atoms with Crippen LogP contribution in [0.15, 0.2) is 0 Å². The third kappa shape index (κ3) is 1.41. The van der Waals surface area contributed by atoms with E-state index in [1.807, 2.05) is 0 Å². The molecule has 0 unspecified atom stereocenters. The van der Waals surface area contributed by atoms with Crippen molar-refractivity contribution >= 4 is 5.78 Å². The molecular weight excluding hydrogens is 288 g/mol. The number of aliphatic hydroxyl groups is 1. The Morgan fingerprint density at radius 2 is 1.78 bits per heavy atom. The average molecular weight is 318 g/mol. The molecule has 5 aliphatic rings. The minimum absolute atomic E-state index is 0.104. The van der Waals surface area contributed by atoms with Crippen molar-refractivity contribution in [2.45, 2.75) is 89.4 Å². The SMILES string of the molecule is C[C@]12CC[C@H]3[C@@H](CC[C@@]45O[C@]4(C)C(=O)CC[C@]35C)[C@@H]1CC[C@@H]2O. The molecule has 4 aliphatic carbocycles. The molecule has 23 heavy (non-hydrogen) atoms. The summed E-state index contributed by atoms with van der Waals surface area (Å²) in [5, 5.41) is 10.5. The smallest absolute Gasteiger partial charge is 0.167 e. The van der Waals surface area contributed by atoms with Crippen LogP contribution in [0.25, 0.3) is 0 Å². The van der Waals surface area contributed by atoms with Gasteiger partial charge in [0.2, 0.25) is 0 Å². The highest BCUT2D eigenvalue weighted by molar-refractivity contribution is 5.93. The molecule has 1 heterocycles. The Hall–Kier alpha value is -0.410. The van der Waals surface area contributed by atoms with E-state index in [4.69, 9.17) is 4.74 Å². The predicted molar refractivity (Wildman–Crippen MR) is 86.9 cm³/mol. The highest BCUT2D eigenvalue weighted by Crippen LogP contribution is 2.75. The molecule has 0 bridgehead atoms. The Balaban J connectivity index is 1.53. The summed E-state index contributed by atoms with van der Waals surface area (Å²) in [5.41, 5.74) is -0.351. The first-order valence-corrected chi connectivity index (χ1v) is 9.70. The standard InChI is InChI=1S/C20H30O3/c1-17-9-7-14-12(13(17)4-5-15(17)21)6-11-20-18(14,2)10-8-16(22)19(20,3)23-20/h12-15,21H,4-11H2,1-3H3/t12-,13-,14-,15-,17-,18+,19+,20-/m0/s1. The molecule has 4 saturated carbocycles. The van der Waals surface area contributed by atoms with Gasteiger partial charge in [0.15, 0.2) is 11.4 Å². The molecule has 1 saturated heterocycles. The molecule has 0 aromatic heterocycles. The Kier molecular flexibility index (Phi) is 2.62. The van der Waals surface area contributed by atoms with Crippen LogP contribution in [0.5, 0.6) is 0 Å². The van der Waals surface area contributed by atoms with Crippen LogP contribution in [0.3, 0.4) is 0 Å². The second-order valence-electron chi connectivity index (χ2n) is 9.86. The largest absolute Gasteiger partial charge is 0.393 e. The van der Waals surface area contributed by atoms with Gasteiger partial charge in [-0.2, -0.15) is 0 Å². The van der Waals surface area contributed by atoms with Crippen molar-refractivity contribution < 1.29 is 14.6 Å². The van der Waals surface area contributed by atoms with Crippen LogP contribution in [-0.4, -0.2) is 28.2 Å². The summed E-state index contributed by atoms with van der Waals surface area (Å²) in [6.07, 6.45) is 8.38. The number of ketones is 1. The monoisotopic (exact) mass is 318 g/mol. The summed E-state index contributed by atoms with van der Waals surface area (Å²) < 4.78 is 6.28. The number of fused-ring (bicyclic) bond motifs is 4. The maximum atomic E-state index is 12.4. The summed E-state index contributed by atoms with van der Waals surface area (Å²) in [5.74, 6) is 2.41. The van der Waals surface area contributed by atoms with E-state index in [0.717, 1.165) is 31.6 Å². The number of carbonyl (C=O) groups is 1. The van der Waals surface area contributed by atoms with Crippen LogP contribution in [0.2, 0.25) is 0 Å². The summed E-state index contributed by atoms with van der Waals surface area (Å²) >= 11 is 0. The molecule has 3 heteroatoms. The van der Waals surface area contributed by atoms with Gasteiger partial charge in [-0.25, -0.2) is 0 Å². The van der Waals surface area contributed by atoms with Crippen LogP contribution in [-0.2, 0) is 9.53 Å². The highest BCUT2D eigenvalue weighted by Gasteiger charge is 2.82. The zero-order valence-electron chi connectivity index (χ0n) is 14.7. The first kappa shape index (κ1) is 14.9. The molecule has 8 atom stereocenters. The van der Waals surface area contributed by atoms with Gasteiger partial charge in [0.25, 0.3) is 0 Å². The number of epoxide rings is 1. The third-order valence-corrected chi connectivity index (χ3v) is 9.47. The van der Waals surface area contributed by atoms with Crippen molar-refractivity contribution in [3.63, 3.8) is 0 Å². The number of ether oxygens (including phenoxy) is 1. The molecule has 0 aromatic rings. The molecule has 5 rings (SSSR count). The van der Waals surface area contributed by atoms with Gasteiger partial charge >= 0.3 is 0 Å². The second kappa shape index (κ2) is 4.04. The first-order chi connectivity index (χ1) is 10.8. The van der Waals surface area contributed by atoms with E-state index in [0.29, 0.717) is 24.0 Å². The molecule has 128 valence electrons. The zero-order valence-corrected chi connectivity index (χ0v) is 14.7. The first-order valence-electron chi connectivity index (χ1n) is 9.70. The fourth-order valence-electron chi connectivity index (χ4n) is 7.96. The molecule has 0 aromatic carbocycles. The van der Waals surface area contributed by atoms with E-state index in [2.05, 4.69) is 20.8 Å². The van der Waals surface area contributed by atoms with E-state index in [1.54, 1.807) is 0 Å². The minimum atomic E-state index is -0.485. The quantitative estimate of drug-likeness (QED) is 0.696. The van der Waals surface area contributed by atoms with Crippen LogP contribution in [0.4, 0.5) is 0 Å². The summed E-state index contributed by atoms with van der Waals surface area (Å²) in [7, 11) is 0. The highest BCUT2D eigenvalue weighted by atomic mass is 16.6. The van der Waals surface area contributed by atoms with Crippen LogP contribution in [0.1, 0.15) is 72.1 Å². The summed E-state index contributed by atoms with van der Waals surface area (Å²) in [4.78, 5) is 12.4.